The summed E-state index contributed by atoms with van der Waals surface area (Å²) in [5, 5.41) is 0.653. The van der Waals surface area contributed by atoms with Crippen LogP contribution in [0.3, 0.4) is 0 Å². The Bertz CT molecular complexity index is 533. The van der Waals surface area contributed by atoms with Gasteiger partial charge in [-0.3, -0.25) is 0 Å². The zero-order valence-electron chi connectivity index (χ0n) is 10.7. The van der Waals surface area contributed by atoms with Gasteiger partial charge in [-0.2, -0.15) is 0 Å². The highest BCUT2D eigenvalue weighted by Gasteiger charge is 2.10. The first kappa shape index (κ1) is 14.0. The van der Waals surface area contributed by atoms with E-state index in [9.17, 15) is 4.39 Å². The van der Waals surface area contributed by atoms with Crippen LogP contribution in [0.1, 0.15) is 18.9 Å². The van der Waals surface area contributed by atoms with Crippen LogP contribution in [-0.4, -0.2) is 16.0 Å². The number of aromatic nitrogens is 2. The molecule has 19 heavy (non-hydrogen) atoms. The summed E-state index contributed by atoms with van der Waals surface area (Å²) in [6.07, 6.45) is 4.90. The maximum atomic E-state index is 13.4. The van der Waals surface area contributed by atoms with Crippen molar-refractivity contribution in [3.8, 4) is 0 Å². The second-order valence-corrected chi connectivity index (χ2v) is 5.27. The molecule has 2 N–H and O–H groups in total. The number of hydrogen-bond acceptors (Lipinski definition) is 4. The Morgan fingerprint density at radius 2 is 2.05 bits per heavy atom. The quantitative estimate of drug-likeness (QED) is 0.853. The highest BCUT2D eigenvalue weighted by atomic mass is 32.2. The van der Waals surface area contributed by atoms with Crippen molar-refractivity contribution in [3.63, 3.8) is 0 Å². The summed E-state index contributed by atoms with van der Waals surface area (Å²) in [6.45, 7) is 2.02. The summed E-state index contributed by atoms with van der Waals surface area (Å²) in [5.74, 6) is -0.239. The fourth-order valence-corrected chi connectivity index (χ4v) is 2.50. The maximum Gasteiger partial charge on any atom is 0.192 e. The molecule has 0 aliphatic heterocycles. The number of nitrogens with zero attached hydrogens (tertiary/aromatic N) is 2. The zero-order chi connectivity index (χ0) is 13.7. The Morgan fingerprint density at radius 3 is 2.74 bits per heavy atom. The van der Waals surface area contributed by atoms with Crippen molar-refractivity contribution in [3.05, 3.63) is 48.0 Å². The van der Waals surface area contributed by atoms with Gasteiger partial charge < -0.3 is 5.73 Å². The van der Waals surface area contributed by atoms with Crippen LogP contribution >= 0.6 is 11.8 Å². The van der Waals surface area contributed by atoms with Crippen LogP contribution in [0.15, 0.2) is 46.7 Å². The predicted octanol–water partition coefficient (Wildman–Crippen LogP) is 3.05. The van der Waals surface area contributed by atoms with Gasteiger partial charge in [0.15, 0.2) is 5.16 Å². The lowest BCUT2D eigenvalue weighted by Gasteiger charge is -2.12. The average molecular weight is 277 g/mol. The second-order valence-electron chi connectivity index (χ2n) is 4.26. The first-order valence-electron chi connectivity index (χ1n) is 6.18. The molecule has 0 spiro atoms. The Kier molecular flexibility index (Phi) is 4.87. The number of rotatable bonds is 5. The second kappa shape index (κ2) is 6.63. The molecule has 0 aliphatic carbocycles. The Hall–Kier alpha value is -1.46. The molecule has 2 rings (SSSR count). The fraction of sp³-hybridized carbons (Fsp3) is 0.286. The molecule has 0 bridgehead atoms. The van der Waals surface area contributed by atoms with E-state index in [1.54, 1.807) is 30.6 Å². The van der Waals surface area contributed by atoms with E-state index < -0.39 is 0 Å². The van der Waals surface area contributed by atoms with Gasteiger partial charge in [0.1, 0.15) is 5.82 Å². The van der Waals surface area contributed by atoms with E-state index in [4.69, 9.17) is 5.73 Å². The fourth-order valence-electron chi connectivity index (χ4n) is 1.67. The molecule has 0 saturated heterocycles. The van der Waals surface area contributed by atoms with Gasteiger partial charge in [-0.25, -0.2) is 14.4 Å². The summed E-state index contributed by atoms with van der Waals surface area (Å²) in [5.41, 5.74) is 6.86. The molecule has 0 radical (unpaired) electrons. The van der Waals surface area contributed by atoms with Crippen LogP contribution in [0.4, 0.5) is 4.39 Å². The molecule has 100 valence electrons. The zero-order valence-corrected chi connectivity index (χ0v) is 11.5. The van der Waals surface area contributed by atoms with Crippen LogP contribution in [0.5, 0.6) is 0 Å². The molecular weight excluding hydrogens is 261 g/mol. The monoisotopic (exact) mass is 277 g/mol. The van der Waals surface area contributed by atoms with Crippen LogP contribution < -0.4 is 5.73 Å². The minimum Gasteiger partial charge on any atom is -0.327 e. The van der Waals surface area contributed by atoms with Crippen molar-refractivity contribution in [1.82, 2.24) is 9.97 Å². The van der Waals surface area contributed by atoms with Gasteiger partial charge >= 0.3 is 0 Å². The SMILES string of the molecule is CCC(N)Cc1cc(F)ccc1Sc1ncccn1. The Labute approximate surface area is 116 Å². The third kappa shape index (κ3) is 4.01. The lowest BCUT2D eigenvalue weighted by molar-refractivity contribution is 0.609. The largest absolute Gasteiger partial charge is 0.327 e. The van der Waals surface area contributed by atoms with Crippen LogP contribution in [-0.2, 0) is 6.42 Å². The molecule has 0 saturated carbocycles. The molecule has 0 amide bonds. The normalized spacial score (nSPS) is 12.4. The van der Waals surface area contributed by atoms with Crippen molar-refractivity contribution in [1.29, 1.82) is 0 Å². The molecule has 1 aromatic carbocycles. The van der Waals surface area contributed by atoms with E-state index in [1.165, 1.54) is 17.8 Å². The van der Waals surface area contributed by atoms with E-state index in [0.717, 1.165) is 16.9 Å². The minimum atomic E-state index is -0.239. The van der Waals surface area contributed by atoms with Crippen LogP contribution in [0.25, 0.3) is 0 Å². The summed E-state index contributed by atoms with van der Waals surface area (Å²) in [7, 11) is 0. The molecule has 0 aliphatic rings. The molecule has 1 atom stereocenters. The molecule has 0 fully saturated rings. The van der Waals surface area contributed by atoms with Gasteiger partial charge in [-0.15, -0.1) is 0 Å². The van der Waals surface area contributed by atoms with Crippen molar-refractivity contribution in [2.45, 2.75) is 35.9 Å². The van der Waals surface area contributed by atoms with E-state index in [2.05, 4.69) is 9.97 Å². The first-order chi connectivity index (χ1) is 9.19. The predicted molar refractivity (Wildman–Crippen MR) is 74.5 cm³/mol. The molecule has 5 heteroatoms. The van der Waals surface area contributed by atoms with E-state index in [0.29, 0.717) is 11.6 Å². The van der Waals surface area contributed by atoms with Crippen molar-refractivity contribution in [2.24, 2.45) is 5.73 Å². The summed E-state index contributed by atoms with van der Waals surface area (Å²) >= 11 is 1.43. The van der Waals surface area contributed by atoms with Crippen LogP contribution in [0, 0.1) is 5.82 Å². The number of benzene rings is 1. The first-order valence-corrected chi connectivity index (χ1v) is 6.99. The molecule has 3 nitrogen and oxygen atoms in total. The average Bonchev–Trinajstić information content (AvgIpc) is 2.43. The minimum absolute atomic E-state index is 0.0397. The van der Waals surface area contributed by atoms with E-state index in [1.807, 2.05) is 6.92 Å². The molecule has 1 aromatic heterocycles. The highest BCUT2D eigenvalue weighted by molar-refractivity contribution is 7.99. The summed E-state index contributed by atoms with van der Waals surface area (Å²) in [6, 6.07) is 6.56. The topological polar surface area (TPSA) is 51.8 Å². The van der Waals surface area contributed by atoms with Gasteiger partial charge in [0.2, 0.25) is 0 Å². The van der Waals surface area contributed by atoms with Gasteiger partial charge in [0, 0.05) is 23.3 Å². The summed E-state index contributed by atoms with van der Waals surface area (Å²) in [4.78, 5) is 9.28. The molecular formula is C14H16FN3S. The number of hydrogen-bond donors (Lipinski definition) is 1. The van der Waals surface area contributed by atoms with Gasteiger partial charge in [0.05, 0.1) is 0 Å². The van der Waals surface area contributed by atoms with E-state index in [-0.39, 0.29) is 11.9 Å². The highest BCUT2D eigenvalue weighted by Crippen LogP contribution is 2.29. The van der Waals surface area contributed by atoms with Crippen LogP contribution in [0.2, 0.25) is 0 Å². The van der Waals surface area contributed by atoms with Crippen molar-refractivity contribution in [2.75, 3.05) is 0 Å². The van der Waals surface area contributed by atoms with E-state index >= 15 is 0 Å². The maximum absolute atomic E-state index is 13.4. The van der Waals surface area contributed by atoms with Gasteiger partial charge in [-0.1, -0.05) is 6.92 Å². The lowest BCUT2D eigenvalue weighted by atomic mass is 10.0. The Balaban J connectivity index is 2.24. The third-order valence-corrected chi connectivity index (χ3v) is 3.78. The smallest absolute Gasteiger partial charge is 0.192 e. The Morgan fingerprint density at radius 1 is 1.32 bits per heavy atom. The number of halogens is 1. The third-order valence-electron chi connectivity index (χ3n) is 2.77. The van der Waals surface area contributed by atoms with Gasteiger partial charge in [0.25, 0.3) is 0 Å². The molecule has 2 aromatic rings. The summed E-state index contributed by atoms with van der Waals surface area (Å²) < 4.78 is 13.4. The van der Waals surface area contributed by atoms with Crippen molar-refractivity contribution < 1.29 is 4.39 Å². The van der Waals surface area contributed by atoms with Gasteiger partial charge in [-0.05, 0) is 54.4 Å². The molecule has 1 heterocycles. The standard InChI is InChI=1S/C14H16FN3S/c1-2-12(16)9-10-8-11(15)4-5-13(10)19-14-17-6-3-7-18-14/h3-8,12H,2,9,16H2,1H3. The molecule has 1 unspecified atom stereocenters. The lowest BCUT2D eigenvalue weighted by Crippen LogP contribution is -2.21. The van der Waals surface area contributed by atoms with Crippen molar-refractivity contribution >= 4 is 11.8 Å². The number of nitrogens with two attached hydrogens (primary N) is 1.